The summed E-state index contributed by atoms with van der Waals surface area (Å²) in [6.45, 7) is 3.42. The smallest absolute Gasteiger partial charge is 0.158 e. The van der Waals surface area contributed by atoms with Gasteiger partial charge in [0.05, 0.1) is 5.70 Å². The Morgan fingerprint density at radius 2 is 2.36 bits per heavy atom. The van der Waals surface area contributed by atoms with E-state index in [1.54, 1.807) is 0 Å². The lowest BCUT2D eigenvalue weighted by molar-refractivity contribution is 0.320. The third-order valence-corrected chi connectivity index (χ3v) is 1.61. The zero-order valence-corrected chi connectivity index (χ0v) is 5.98. The Kier molecular flexibility index (Phi) is 2.08. The maximum Gasteiger partial charge on any atom is 0.158 e. The van der Waals surface area contributed by atoms with Crippen molar-refractivity contribution in [1.82, 2.24) is 0 Å². The van der Waals surface area contributed by atoms with Crippen LogP contribution in [0, 0.1) is 0 Å². The summed E-state index contributed by atoms with van der Waals surface area (Å²) >= 11 is 0. The van der Waals surface area contributed by atoms with E-state index in [-0.39, 0.29) is 12.1 Å². The van der Waals surface area contributed by atoms with Gasteiger partial charge in [-0.1, -0.05) is 18.7 Å². The van der Waals surface area contributed by atoms with E-state index >= 15 is 0 Å². The van der Waals surface area contributed by atoms with Crippen LogP contribution in [0.4, 0.5) is 8.78 Å². The summed E-state index contributed by atoms with van der Waals surface area (Å²) in [5, 5.41) is 0. The number of nitrogens with two attached hydrogens (primary N) is 1. The van der Waals surface area contributed by atoms with Crippen LogP contribution in [-0.4, -0.2) is 6.17 Å². The lowest BCUT2D eigenvalue weighted by Crippen LogP contribution is -2.14. The normalized spacial score (nSPS) is 24.9. The van der Waals surface area contributed by atoms with E-state index in [0.29, 0.717) is 5.57 Å². The molecule has 0 aliphatic heterocycles. The van der Waals surface area contributed by atoms with Crippen LogP contribution in [0.5, 0.6) is 0 Å². The van der Waals surface area contributed by atoms with Crippen molar-refractivity contribution in [2.24, 2.45) is 5.73 Å². The van der Waals surface area contributed by atoms with Crippen molar-refractivity contribution in [3.05, 3.63) is 35.8 Å². The molecule has 1 nitrogen and oxygen atoms in total. The van der Waals surface area contributed by atoms with Gasteiger partial charge in [-0.3, -0.25) is 0 Å². The summed E-state index contributed by atoms with van der Waals surface area (Å²) in [7, 11) is 0. The SMILES string of the molecule is C=CC1=CCC(F)C(F)=C1N. The lowest BCUT2D eigenvalue weighted by Gasteiger charge is -2.13. The Bertz CT molecular complexity index is 240. The standard InChI is InChI=1S/C8H9F2N/c1-2-5-3-4-6(9)7(10)8(5)11/h2-3,6H,1,4,11H2. The molecule has 0 aromatic carbocycles. The quantitative estimate of drug-likeness (QED) is 0.618. The number of alkyl halides is 1. The fourth-order valence-corrected chi connectivity index (χ4v) is 0.944. The Labute approximate surface area is 63.9 Å². The first kappa shape index (κ1) is 7.98. The van der Waals surface area contributed by atoms with E-state index in [1.807, 2.05) is 0 Å². The molecule has 1 unspecified atom stereocenters. The van der Waals surface area contributed by atoms with Crippen LogP contribution in [0.3, 0.4) is 0 Å². The summed E-state index contributed by atoms with van der Waals surface area (Å²) in [5.41, 5.74) is 5.61. The Balaban J connectivity index is 2.99. The van der Waals surface area contributed by atoms with Gasteiger partial charge in [-0.05, 0) is 5.57 Å². The zero-order chi connectivity index (χ0) is 8.43. The van der Waals surface area contributed by atoms with Crippen molar-refractivity contribution >= 4 is 0 Å². The molecule has 0 heterocycles. The molecule has 0 saturated carbocycles. The molecule has 0 spiro atoms. The largest absolute Gasteiger partial charge is 0.396 e. The Hall–Kier alpha value is -1.12. The minimum atomic E-state index is -1.57. The number of hydrogen-bond acceptors (Lipinski definition) is 1. The van der Waals surface area contributed by atoms with Gasteiger partial charge in [0.1, 0.15) is 0 Å². The monoisotopic (exact) mass is 157 g/mol. The molecular formula is C8H9F2N. The molecule has 0 bridgehead atoms. The van der Waals surface area contributed by atoms with Gasteiger partial charge in [0.15, 0.2) is 12.0 Å². The van der Waals surface area contributed by atoms with Crippen LogP contribution in [0.1, 0.15) is 6.42 Å². The Morgan fingerprint density at radius 1 is 1.73 bits per heavy atom. The molecule has 0 fully saturated rings. The maximum absolute atomic E-state index is 12.7. The summed E-state index contributed by atoms with van der Waals surface area (Å²) in [5.74, 6) is -0.873. The van der Waals surface area contributed by atoms with E-state index < -0.39 is 12.0 Å². The van der Waals surface area contributed by atoms with Gasteiger partial charge in [-0.25, -0.2) is 8.78 Å². The number of allylic oxidation sites excluding steroid dienone is 3. The topological polar surface area (TPSA) is 26.0 Å². The predicted octanol–water partition coefficient (Wildman–Crippen LogP) is 1.98. The van der Waals surface area contributed by atoms with E-state index in [4.69, 9.17) is 5.73 Å². The second kappa shape index (κ2) is 2.86. The van der Waals surface area contributed by atoms with E-state index in [1.165, 1.54) is 12.2 Å². The molecule has 2 N–H and O–H groups in total. The highest BCUT2D eigenvalue weighted by molar-refractivity contribution is 5.42. The van der Waals surface area contributed by atoms with Crippen LogP contribution in [0.25, 0.3) is 0 Å². The third kappa shape index (κ3) is 1.31. The van der Waals surface area contributed by atoms with Gasteiger partial charge in [-0.15, -0.1) is 0 Å². The van der Waals surface area contributed by atoms with Crippen molar-refractivity contribution in [1.29, 1.82) is 0 Å². The fourth-order valence-electron chi connectivity index (χ4n) is 0.944. The van der Waals surface area contributed by atoms with Crippen molar-refractivity contribution < 1.29 is 8.78 Å². The van der Waals surface area contributed by atoms with Gasteiger partial charge in [0.25, 0.3) is 0 Å². The molecule has 1 aliphatic carbocycles. The van der Waals surface area contributed by atoms with Crippen molar-refractivity contribution in [3.63, 3.8) is 0 Å². The summed E-state index contributed by atoms with van der Waals surface area (Å²) in [6, 6.07) is 0. The first-order valence-corrected chi connectivity index (χ1v) is 3.29. The molecule has 0 aromatic heterocycles. The number of halogens is 2. The van der Waals surface area contributed by atoms with Gasteiger partial charge in [0.2, 0.25) is 0 Å². The van der Waals surface area contributed by atoms with E-state index in [9.17, 15) is 8.78 Å². The minimum Gasteiger partial charge on any atom is -0.396 e. The number of rotatable bonds is 1. The highest BCUT2D eigenvalue weighted by Crippen LogP contribution is 2.25. The number of hydrogen-bond donors (Lipinski definition) is 1. The van der Waals surface area contributed by atoms with Gasteiger partial charge < -0.3 is 5.73 Å². The molecule has 3 heteroatoms. The third-order valence-electron chi connectivity index (χ3n) is 1.61. The van der Waals surface area contributed by atoms with E-state index in [2.05, 4.69) is 6.58 Å². The highest BCUT2D eigenvalue weighted by atomic mass is 19.2. The van der Waals surface area contributed by atoms with Crippen LogP contribution < -0.4 is 5.73 Å². The first-order chi connectivity index (χ1) is 5.16. The summed E-state index contributed by atoms with van der Waals surface area (Å²) < 4.78 is 25.2. The molecule has 1 rings (SSSR count). The van der Waals surface area contributed by atoms with Crippen molar-refractivity contribution in [2.75, 3.05) is 0 Å². The molecule has 1 aliphatic rings. The van der Waals surface area contributed by atoms with Crippen molar-refractivity contribution in [2.45, 2.75) is 12.6 Å². The average Bonchev–Trinajstić information content (AvgIpc) is 2.01. The van der Waals surface area contributed by atoms with Crippen LogP contribution in [0.15, 0.2) is 35.8 Å². The second-order valence-electron chi connectivity index (χ2n) is 2.33. The Morgan fingerprint density at radius 3 is 2.91 bits per heavy atom. The molecule has 11 heavy (non-hydrogen) atoms. The molecule has 1 atom stereocenters. The van der Waals surface area contributed by atoms with Crippen LogP contribution in [0.2, 0.25) is 0 Å². The lowest BCUT2D eigenvalue weighted by atomic mass is 10.0. The maximum atomic E-state index is 12.7. The molecule has 0 amide bonds. The van der Waals surface area contributed by atoms with Gasteiger partial charge in [0, 0.05) is 6.42 Å². The fraction of sp³-hybridized carbons (Fsp3) is 0.250. The van der Waals surface area contributed by atoms with Crippen molar-refractivity contribution in [3.8, 4) is 0 Å². The van der Waals surface area contributed by atoms with Crippen LogP contribution in [-0.2, 0) is 0 Å². The molecule has 0 saturated heterocycles. The summed E-state index contributed by atoms with van der Waals surface area (Å²) in [4.78, 5) is 0. The molecular weight excluding hydrogens is 148 g/mol. The van der Waals surface area contributed by atoms with E-state index in [0.717, 1.165) is 0 Å². The zero-order valence-electron chi connectivity index (χ0n) is 5.98. The molecule has 60 valence electrons. The van der Waals surface area contributed by atoms with Gasteiger partial charge >= 0.3 is 0 Å². The average molecular weight is 157 g/mol. The first-order valence-electron chi connectivity index (χ1n) is 3.29. The predicted molar refractivity (Wildman–Crippen MR) is 40.1 cm³/mol. The molecule has 0 radical (unpaired) electrons. The minimum absolute atomic E-state index is 0.0495. The van der Waals surface area contributed by atoms with Gasteiger partial charge in [-0.2, -0.15) is 0 Å². The second-order valence-corrected chi connectivity index (χ2v) is 2.33. The molecule has 0 aromatic rings. The summed E-state index contributed by atoms with van der Waals surface area (Å²) in [6.07, 6.45) is 1.43. The highest BCUT2D eigenvalue weighted by Gasteiger charge is 2.20. The van der Waals surface area contributed by atoms with Crippen LogP contribution >= 0.6 is 0 Å².